The Morgan fingerprint density at radius 1 is 1.26 bits per heavy atom. The zero-order chi connectivity index (χ0) is 14.6. The predicted octanol–water partition coefficient (Wildman–Crippen LogP) is 1.97. The fourth-order valence-corrected chi connectivity index (χ4v) is 2.77. The molecule has 0 radical (unpaired) electrons. The van der Waals surface area contributed by atoms with Gasteiger partial charge in [0, 0.05) is 12.6 Å². The van der Waals surface area contributed by atoms with E-state index in [9.17, 15) is 8.42 Å². The Morgan fingerprint density at radius 3 is 2.42 bits per heavy atom. The molecule has 0 saturated heterocycles. The van der Waals surface area contributed by atoms with Crippen molar-refractivity contribution in [3.05, 3.63) is 22.2 Å². The molecule has 0 heterocycles. The van der Waals surface area contributed by atoms with Crippen LogP contribution in [0.2, 0.25) is 10.0 Å². The number of rotatable bonds is 6. The summed E-state index contributed by atoms with van der Waals surface area (Å²) in [5.74, 6) is 0.345. The summed E-state index contributed by atoms with van der Waals surface area (Å²) in [6.45, 7) is 1.34. The summed E-state index contributed by atoms with van der Waals surface area (Å²) in [4.78, 5) is 1.82. The smallest absolute Gasteiger partial charge is 0.239 e. The molecule has 1 aromatic rings. The van der Waals surface area contributed by atoms with Crippen molar-refractivity contribution < 1.29 is 13.2 Å². The Hall–Kier alpha value is -0.530. The summed E-state index contributed by atoms with van der Waals surface area (Å²) in [5, 5.41) is 5.17. The zero-order valence-electron chi connectivity index (χ0n) is 10.7. The van der Waals surface area contributed by atoms with E-state index in [2.05, 4.69) is 0 Å². The van der Waals surface area contributed by atoms with Crippen molar-refractivity contribution in [2.45, 2.75) is 11.3 Å². The number of ether oxygens (including phenoxy) is 1. The number of primary sulfonamides is 1. The Balaban J connectivity index is 2.80. The summed E-state index contributed by atoms with van der Waals surface area (Å²) >= 11 is 11.8. The van der Waals surface area contributed by atoms with Gasteiger partial charge in [-0.25, -0.2) is 13.6 Å². The lowest BCUT2D eigenvalue weighted by Crippen LogP contribution is -2.16. The molecule has 5 nitrogen and oxygen atoms in total. The maximum Gasteiger partial charge on any atom is 0.239 e. The minimum Gasteiger partial charge on any atom is -0.492 e. The standard InChI is InChI=1S/C11H16Cl2N2O3S/c1-15(2)4-3-5-18-10-6-9(13)11(7-8(10)12)19(14,16)17/h6-7H,3-5H2,1-2H3,(H2,14,16,17). The van der Waals surface area contributed by atoms with E-state index in [0.29, 0.717) is 12.4 Å². The first kappa shape index (κ1) is 16.5. The van der Waals surface area contributed by atoms with Crippen LogP contribution in [-0.2, 0) is 10.0 Å². The number of nitrogens with zero attached hydrogens (tertiary/aromatic N) is 1. The van der Waals surface area contributed by atoms with Gasteiger partial charge in [-0.15, -0.1) is 0 Å². The van der Waals surface area contributed by atoms with E-state index in [0.717, 1.165) is 13.0 Å². The van der Waals surface area contributed by atoms with E-state index in [1.54, 1.807) is 0 Å². The third-order valence-corrected chi connectivity index (χ3v) is 3.97. The second-order valence-corrected chi connectivity index (χ2v) is 6.61. The second-order valence-electron chi connectivity index (χ2n) is 4.26. The molecule has 0 fully saturated rings. The van der Waals surface area contributed by atoms with E-state index < -0.39 is 10.0 Å². The van der Waals surface area contributed by atoms with Gasteiger partial charge in [0.25, 0.3) is 0 Å². The first-order valence-electron chi connectivity index (χ1n) is 5.51. The van der Waals surface area contributed by atoms with Gasteiger partial charge in [0.15, 0.2) is 0 Å². The van der Waals surface area contributed by atoms with Crippen LogP contribution < -0.4 is 9.88 Å². The molecule has 19 heavy (non-hydrogen) atoms. The molecule has 1 rings (SSSR count). The number of nitrogens with two attached hydrogens (primary N) is 1. The van der Waals surface area contributed by atoms with Gasteiger partial charge in [0.2, 0.25) is 10.0 Å². The lowest BCUT2D eigenvalue weighted by Gasteiger charge is -2.12. The molecule has 0 amide bonds. The number of benzene rings is 1. The molecule has 0 aliphatic rings. The molecule has 0 saturated carbocycles. The summed E-state index contributed by atoms with van der Waals surface area (Å²) in [6, 6.07) is 2.56. The Bertz CT molecular complexity index is 547. The van der Waals surface area contributed by atoms with Crippen molar-refractivity contribution in [3.8, 4) is 5.75 Å². The van der Waals surface area contributed by atoms with Crippen LogP contribution in [0.5, 0.6) is 5.75 Å². The normalized spacial score (nSPS) is 11.9. The summed E-state index contributed by atoms with van der Waals surface area (Å²) in [5.41, 5.74) is 0. The van der Waals surface area contributed by atoms with Gasteiger partial charge in [-0.05, 0) is 26.6 Å². The molecule has 108 valence electrons. The highest BCUT2D eigenvalue weighted by Crippen LogP contribution is 2.33. The molecule has 0 aliphatic carbocycles. The maximum absolute atomic E-state index is 11.2. The molecule has 0 aromatic heterocycles. The lowest BCUT2D eigenvalue weighted by atomic mass is 10.3. The predicted molar refractivity (Wildman–Crippen MR) is 76.5 cm³/mol. The second kappa shape index (κ2) is 6.76. The molecule has 0 atom stereocenters. The van der Waals surface area contributed by atoms with Crippen LogP contribution in [0.15, 0.2) is 17.0 Å². The maximum atomic E-state index is 11.2. The minimum absolute atomic E-state index is 0.00508. The van der Waals surface area contributed by atoms with Crippen LogP contribution in [0.25, 0.3) is 0 Å². The lowest BCUT2D eigenvalue weighted by molar-refractivity contribution is 0.281. The highest BCUT2D eigenvalue weighted by molar-refractivity contribution is 7.89. The summed E-state index contributed by atoms with van der Waals surface area (Å²) < 4.78 is 27.9. The number of sulfonamides is 1. The average molecular weight is 327 g/mol. The highest BCUT2D eigenvalue weighted by Gasteiger charge is 2.16. The zero-order valence-corrected chi connectivity index (χ0v) is 13.0. The first-order chi connectivity index (χ1) is 8.71. The molecule has 8 heteroatoms. The molecule has 0 aliphatic heterocycles. The van der Waals surface area contributed by atoms with Crippen molar-refractivity contribution in [1.82, 2.24) is 4.90 Å². The molecule has 2 N–H and O–H groups in total. The monoisotopic (exact) mass is 326 g/mol. The SMILES string of the molecule is CN(C)CCCOc1cc(Cl)c(S(N)(=O)=O)cc1Cl. The molecule has 0 spiro atoms. The van der Waals surface area contributed by atoms with Crippen LogP contribution in [0.1, 0.15) is 6.42 Å². The highest BCUT2D eigenvalue weighted by atomic mass is 35.5. The minimum atomic E-state index is -3.89. The Kier molecular flexibility index (Phi) is 5.88. The molecule has 0 bridgehead atoms. The Labute approximate surface area is 123 Å². The third-order valence-electron chi connectivity index (χ3n) is 2.30. The van der Waals surface area contributed by atoms with Crippen LogP contribution in [0, 0.1) is 0 Å². The van der Waals surface area contributed by atoms with Crippen molar-refractivity contribution in [1.29, 1.82) is 0 Å². The van der Waals surface area contributed by atoms with Gasteiger partial charge in [-0.2, -0.15) is 0 Å². The van der Waals surface area contributed by atoms with Crippen LogP contribution in [0.4, 0.5) is 0 Å². The van der Waals surface area contributed by atoms with Gasteiger partial charge in [0.05, 0.1) is 16.7 Å². The average Bonchev–Trinajstić information content (AvgIpc) is 2.26. The fourth-order valence-electron chi connectivity index (χ4n) is 1.40. The summed E-state index contributed by atoms with van der Waals surface area (Å²) in [6.07, 6.45) is 0.817. The molecule has 1 aromatic carbocycles. The topological polar surface area (TPSA) is 72.6 Å². The van der Waals surface area contributed by atoms with E-state index in [-0.39, 0.29) is 14.9 Å². The van der Waals surface area contributed by atoms with Crippen molar-refractivity contribution in [3.63, 3.8) is 0 Å². The van der Waals surface area contributed by atoms with Gasteiger partial charge in [-0.1, -0.05) is 23.2 Å². The van der Waals surface area contributed by atoms with Crippen molar-refractivity contribution in [2.75, 3.05) is 27.2 Å². The summed E-state index contributed by atoms with van der Waals surface area (Å²) in [7, 11) is 0.0383. The van der Waals surface area contributed by atoms with Crippen molar-refractivity contribution in [2.24, 2.45) is 5.14 Å². The van der Waals surface area contributed by atoms with Gasteiger partial charge in [-0.3, -0.25) is 0 Å². The van der Waals surface area contributed by atoms with E-state index in [1.165, 1.54) is 12.1 Å². The number of halogens is 2. The molecular weight excluding hydrogens is 311 g/mol. The van der Waals surface area contributed by atoms with Crippen LogP contribution >= 0.6 is 23.2 Å². The largest absolute Gasteiger partial charge is 0.492 e. The molecule has 0 unspecified atom stereocenters. The number of hydrogen-bond acceptors (Lipinski definition) is 4. The molecular formula is C11H16Cl2N2O3S. The quantitative estimate of drug-likeness (QED) is 0.811. The van der Waals surface area contributed by atoms with Gasteiger partial charge >= 0.3 is 0 Å². The van der Waals surface area contributed by atoms with Crippen molar-refractivity contribution >= 4 is 33.2 Å². The van der Waals surface area contributed by atoms with Crippen LogP contribution in [0.3, 0.4) is 0 Å². The first-order valence-corrected chi connectivity index (χ1v) is 7.81. The fraction of sp³-hybridized carbons (Fsp3) is 0.455. The number of hydrogen-bond donors (Lipinski definition) is 1. The van der Waals surface area contributed by atoms with Gasteiger partial charge < -0.3 is 9.64 Å². The Morgan fingerprint density at radius 2 is 1.89 bits per heavy atom. The van der Waals surface area contributed by atoms with E-state index in [1.807, 2.05) is 19.0 Å². The van der Waals surface area contributed by atoms with Gasteiger partial charge in [0.1, 0.15) is 10.6 Å². The van der Waals surface area contributed by atoms with E-state index in [4.69, 9.17) is 33.1 Å². The van der Waals surface area contributed by atoms with E-state index >= 15 is 0 Å². The third kappa shape index (κ3) is 5.16. The van der Waals surface area contributed by atoms with Crippen LogP contribution in [-0.4, -0.2) is 40.6 Å².